The monoisotopic (exact) mass is 1250 g/mol. The van der Waals surface area contributed by atoms with Gasteiger partial charge in [0.2, 0.25) is 0 Å². The van der Waals surface area contributed by atoms with Crippen molar-refractivity contribution in [1.29, 1.82) is 0 Å². The Morgan fingerprint density at radius 2 is 0.827 bits per heavy atom. The number of rotatable bonds is 9. The smallest absolute Gasteiger partial charge is 0.143 e. The molecule has 0 bridgehead atoms. The van der Waals surface area contributed by atoms with Gasteiger partial charge in [-0.2, -0.15) is 0 Å². The second kappa shape index (κ2) is 22.5. The predicted molar refractivity (Wildman–Crippen MR) is 405 cm³/mol. The lowest BCUT2D eigenvalue weighted by atomic mass is 9.89. The first kappa shape index (κ1) is 55.8. The molecule has 1 atom stereocenters. The van der Waals surface area contributed by atoms with Crippen LogP contribution in [0.3, 0.4) is 0 Å². The molecule has 3 aromatic heterocycles. The molecule has 0 saturated carbocycles. The summed E-state index contributed by atoms with van der Waals surface area (Å²) in [6, 6.07) is 96.3. The van der Waals surface area contributed by atoms with Gasteiger partial charge in [0.15, 0.2) is 0 Å². The molecule has 0 N–H and O–H groups in total. The Morgan fingerprint density at radius 3 is 1.56 bits per heavy atom. The van der Waals surface area contributed by atoms with Crippen LogP contribution in [0.2, 0.25) is 0 Å². The lowest BCUT2D eigenvalue weighted by molar-refractivity contribution is 0.280. The van der Waals surface area contributed by atoms with E-state index in [2.05, 4.69) is 297 Å². The molecule has 20 rings (SSSR count). The van der Waals surface area contributed by atoms with Crippen LogP contribution in [0, 0.1) is 0 Å². The van der Waals surface area contributed by atoms with Crippen LogP contribution in [0.1, 0.15) is 29.5 Å². The second-order valence-electron chi connectivity index (χ2n) is 26.1. The first-order valence-corrected chi connectivity index (χ1v) is 33.8. The molecular weight excluding hydrogens is 1190 g/mol. The highest BCUT2D eigenvalue weighted by Gasteiger charge is 2.32. The summed E-state index contributed by atoms with van der Waals surface area (Å²) in [5, 5.41) is 9.04. The normalized spacial score (nSPS) is 14.0. The zero-order valence-corrected chi connectivity index (χ0v) is 53.2. The Hall–Kier alpha value is -12.6. The Labute approximate surface area is 565 Å². The number of hydrogen-bond acceptors (Lipinski definition) is 6. The molecule has 2 aliphatic carbocycles. The van der Waals surface area contributed by atoms with Gasteiger partial charge >= 0.3 is 0 Å². The van der Waals surface area contributed by atoms with Crippen molar-refractivity contribution in [2.75, 3.05) is 0 Å². The number of aryl methyl sites for hydroxylation is 1. The summed E-state index contributed by atoms with van der Waals surface area (Å²) >= 11 is 0. The molecule has 1 aliphatic heterocycles. The third-order valence-corrected chi connectivity index (χ3v) is 20.5. The van der Waals surface area contributed by atoms with Crippen LogP contribution in [0.15, 0.2) is 308 Å². The van der Waals surface area contributed by atoms with Gasteiger partial charge in [0.05, 0.1) is 45.8 Å². The van der Waals surface area contributed by atoms with Crippen LogP contribution in [0.4, 0.5) is 0 Å². The summed E-state index contributed by atoms with van der Waals surface area (Å²) in [4.78, 5) is 21.3. The minimum absolute atomic E-state index is 0.0350. The van der Waals surface area contributed by atoms with E-state index in [-0.39, 0.29) is 6.10 Å². The maximum Gasteiger partial charge on any atom is 0.143 e. The van der Waals surface area contributed by atoms with Gasteiger partial charge in [0.25, 0.3) is 0 Å². The van der Waals surface area contributed by atoms with Crippen molar-refractivity contribution in [3.05, 3.63) is 320 Å². The van der Waals surface area contributed by atoms with E-state index < -0.39 is 0 Å². The van der Waals surface area contributed by atoms with E-state index in [0.717, 1.165) is 186 Å². The van der Waals surface area contributed by atoms with Crippen LogP contribution < -0.4 is 4.74 Å². The fourth-order valence-corrected chi connectivity index (χ4v) is 15.8. The van der Waals surface area contributed by atoms with Crippen molar-refractivity contribution in [3.8, 4) is 106 Å². The van der Waals surface area contributed by atoms with Crippen molar-refractivity contribution < 1.29 is 9.15 Å². The van der Waals surface area contributed by atoms with Crippen LogP contribution in [0.5, 0.6) is 5.75 Å². The average Bonchev–Trinajstić information content (AvgIpc) is 1.47. The molecule has 6 nitrogen and oxygen atoms in total. The Bertz CT molecular complexity index is 6310. The van der Waals surface area contributed by atoms with Gasteiger partial charge in [0.1, 0.15) is 23.0 Å². The standard InChI is InChI=1S/C92H58N4O2/c1-2-28-69(80-39-18-41-81-74-33-11-12-42-85(74)97-92(80)81)67(27-1)61-24-15-23-59(47-61)64-49-65(51-66(50-64)84-54-94-88-77-35-8-4-30-71(77)73-32-6-10-37-79(73)90(88)96-84)60-43-44-75-82-40-17-38-68(91(82)98-86(75)52-60)62-25-14-21-57(46-62)55-19-13-20-56(45-55)58-22-16-26-63(48-58)83-53-93-87-76-34-7-3-29-70(76)72-31-5-9-36-78(72)89(87)95-83/h1-9,11-36,38-41,43-54,85H,10,37,42H2. The molecule has 6 heteroatoms. The van der Waals surface area contributed by atoms with Gasteiger partial charge in [-0.05, 0) is 161 Å². The predicted octanol–water partition coefficient (Wildman–Crippen LogP) is 24.0. The maximum absolute atomic E-state index is 7.12. The summed E-state index contributed by atoms with van der Waals surface area (Å²) in [6.45, 7) is 0. The molecule has 0 fully saturated rings. The molecule has 0 saturated heterocycles. The highest BCUT2D eigenvalue weighted by atomic mass is 16.5. The van der Waals surface area contributed by atoms with Crippen LogP contribution >= 0.6 is 0 Å². The summed E-state index contributed by atoms with van der Waals surface area (Å²) in [6.07, 6.45) is 17.8. The number of fused-ring (bicyclic) bond motifs is 18. The van der Waals surface area contributed by atoms with Gasteiger partial charge in [-0.15, -0.1) is 0 Å². The number of para-hydroxylation sites is 2. The van der Waals surface area contributed by atoms with Crippen LogP contribution in [-0.4, -0.2) is 26.0 Å². The van der Waals surface area contributed by atoms with Gasteiger partial charge in [-0.3, -0.25) is 9.97 Å². The lowest BCUT2D eigenvalue weighted by Gasteiger charge is -2.18. The number of nitrogens with zero attached hydrogens (tertiary/aromatic N) is 4. The van der Waals surface area contributed by atoms with E-state index in [9.17, 15) is 0 Å². The molecule has 3 aliphatic rings. The summed E-state index contributed by atoms with van der Waals surface area (Å²) < 4.78 is 13.9. The van der Waals surface area contributed by atoms with E-state index in [1.165, 1.54) is 38.4 Å². The van der Waals surface area contributed by atoms with E-state index >= 15 is 0 Å². The van der Waals surface area contributed by atoms with Crippen molar-refractivity contribution >= 4 is 88.0 Å². The fourth-order valence-electron chi connectivity index (χ4n) is 15.8. The average molecular weight is 1250 g/mol. The van der Waals surface area contributed by atoms with Gasteiger partial charge in [-0.1, -0.05) is 243 Å². The molecule has 4 heterocycles. The Kier molecular flexibility index (Phi) is 12.8. The Balaban J connectivity index is 0.664. The third kappa shape index (κ3) is 9.17. The third-order valence-electron chi connectivity index (χ3n) is 20.5. The van der Waals surface area contributed by atoms with Crippen molar-refractivity contribution in [1.82, 2.24) is 19.9 Å². The molecule has 458 valence electrons. The summed E-state index contributed by atoms with van der Waals surface area (Å²) in [7, 11) is 0. The number of benzene rings is 14. The minimum atomic E-state index is 0.0350. The molecule has 0 amide bonds. The number of furan rings is 1. The number of aromatic nitrogens is 4. The van der Waals surface area contributed by atoms with Crippen molar-refractivity contribution in [2.45, 2.75) is 25.4 Å². The first-order valence-electron chi connectivity index (χ1n) is 33.8. The molecule has 98 heavy (non-hydrogen) atoms. The fraction of sp³-hybridized carbons (Fsp3) is 0.0435. The van der Waals surface area contributed by atoms with E-state index in [4.69, 9.17) is 29.1 Å². The van der Waals surface area contributed by atoms with Crippen LogP contribution in [0.25, 0.3) is 188 Å². The SMILES string of the molecule is C1=CCC2Oc3c(cccc3-c3ccccc3-c3cccc(-c4cc(-c5ccc6c(c5)oc5c(-c7cccc(-c8cccc(-c9cccc(-c%10cnc%11c%12ccccc%12c%12ccccc%12c%11n%10)c9)c8)c7)cccc56)cc(-c5cnc6c(n5)c5c(c7ccccc76)C=CCC5)c4)c3)C2=C1. The van der Waals surface area contributed by atoms with E-state index in [1.54, 1.807) is 0 Å². The first-order chi connectivity index (χ1) is 48.5. The lowest BCUT2D eigenvalue weighted by Crippen LogP contribution is -2.12. The number of hydrogen-bond donors (Lipinski definition) is 0. The topological polar surface area (TPSA) is 73.9 Å². The van der Waals surface area contributed by atoms with E-state index in [1.807, 2.05) is 12.4 Å². The van der Waals surface area contributed by atoms with Crippen molar-refractivity contribution in [3.63, 3.8) is 0 Å². The number of allylic oxidation sites excluding steroid dienone is 3. The van der Waals surface area contributed by atoms with Gasteiger partial charge in [0, 0.05) is 66.7 Å². The highest BCUT2D eigenvalue weighted by Crippen LogP contribution is 2.49. The summed E-state index contributed by atoms with van der Waals surface area (Å²) in [5.41, 5.74) is 29.3. The zero-order valence-electron chi connectivity index (χ0n) is 53.2. The molecule has 1 unspecified atom stereocenters. The van der Waals surface area contributed by atoms with Gasteiger partial charge < -0.3 is 9.15 Å². The molecule has 17 aromatic rings. The zero-order chi connectivity index (χ0) is 64.4. The largest absolute Gasteiger partial charge is 0.484 e. The minimum Gasteiger partial charge on any atom is -0.484 e. The van der Waals surface area contributed by atoms with Gasteiger partial charge in [-0.25, -0.2) is 9.97 Å². The highest BCUT2D eigenvalue weighted by molar-refractivity contribution is 6.23. The molecule has 0 spiro atoms. The second-order valence-corrected chi connectivity index (χ2v) is 26.1. The van der Waals surface area contributed by atoms with Crippen LogP contribution in [-0.2, 0) is 6.42 Å². The number of ether oxygens (including phenoxy) is 1. The maximum atomic E-state index is 7.12. The Morgan fingerprint density at radius 1 is 0.337 bits per heavy atom. The summed E-state index contributed by atoms with van der Waals surface area (Å²) in [5.74, 6) is 0.955. The molecule has 0 radical (unpaired) electrons. The van der Waals surface area contributed by atoms with Crippen molar-refractivity contribution in [2.24, 2.45) is 0 Å². The molecular formula is C92H58N4O2. The van der Waals surface area contributed by atoms with E-state index in [0.29, 0.717) is 0 Å². The quantitative estimate of drug-likeness (QED) is 0.134. The molecule has 14 aromatic carbocycles.